The molecule has 0 radical (unpaired) electrons. The number of aromatic nitrogens is 1. The molecular formula is C13H17FN2O3. The number of carbonyl (C=O) groups is 2. The molecule has 0 spiro atoms. The summed E-state index contributed by atoms with van der Waals surface area (Å²) in [5.74, 6) is -2.19. The average molecular weight is 268 g/mol. The number of nitrogens with zero attached hydrogens (tertiary/aromatic N) is 1. The smallest absolute Gasteiger partial charge is 0.311 e. The van der Waals surface area contributed by atoms with Crippen LogP contribution in [0, 0.1) is 11.4 Å². The molecule has 1 aromatic heterocycles. The van der Waals surface area contributed by atoms with Gasteiger partial charge in [0.15, 0.2) is 0 Å². The Morgan fingerprint density at radius 2 is 1.84 bits per heavy atom. The third kappa shape index (κ3) is 3.07. The second-order valence-electron chi connectivity index (χ2n) is 5.38. The summed E-state index contributed by atoms with van der Waals surface area (Å²) in [5, 5.41) is 11.8. The third-order valence-electron chi connectivity index (χ3n) is 3.51. The first-order valence-corrected chi connectivity index (χ1v) is 5.75. The Balaban J connectivity index is 2.92. The van der Waals surface area contributed by atoms with E-state index in [9.17, 15) is 19.1 Å². The molecule has 0 aliphatic rings. The standard InChI is InChI=1S/C13H17FN2O3/c1-12(2,11(18)19)13(3,4)16-10(17)8-5-6-9(14)15-7-8/h5-7H,1-4H3,(H,16,17)(H,18,19). The zero-order chi connectivity index (χ0) is 14.8. The molecule has 19 heavy (non-hydrogen) atoms. The van der Waals surface area contributed by atoms with Crippen molar-refractivity contribution in [3.63, 3.8) is 0 Å². The number of nitrogens with one attached hydrogen (secondary N) is 1. The molecule has 0 aliphatic heterocycles. The fourth-order valence-corrected chi connectivity index (χ4v) is 1.29. The maximum atomic E-state index is 12.7. The normalized spacial score (nSPS) is 12.1. The Bertz CT molecular complexity index is 495. The van der Waals surface area contributed by atoms with Gasteiger partial charge in [0.05, 0.1) is 16.5 Å². The lowest BCUT2D eigenvalue weighted by Crippen LogP contribution is -2.56. The number of carboxylic acid groups (broad SMARTS) is 1. The van der Waals surface area contributed by atoms with Crippen LogP contribution in [0.15, 0.2) is 18.3 Å². The van der Waals surface area contributed by atoms with Crippen LogP contribution < -0.4 is 5.32 Å². The minimum atomic E-state index is -1.16. The maximum Gasteiger partial charge on any atom is 0.311 e. The molecule has 0 saturated heterocycles. The minimum Gasteiger partial charge on any atom is -0.481 e. The summed E-state index contributed by atoms with van der Waals surface area (Å²) in [6.45, 7) is 6.29. The first-order valence-electron chi connectivity index (χ1n) is 5.75. The summed E-state index contributed by atoms with van der Waals surface area (Å²) in [4.78, 5) is 26.6. The van der Waals surface area contributed by atoms with E-state index in [1.165, 1.54) is 19.9 Å². The molecule has 5 nitrogen and oxygen atoms in total. The molecule has 0 unspecified atom stereocenters. The first-order chi connectivity index (χ1) is 8.58. The molecule has 0 saturated carbocycles. The number of halogens is 1. The monoisotopic (exact) mass is 268 g/mol. The number of carbonyl (C=O) groups excluding carboxylic acids is 1. The third-order valence-corrected chi connectivity index (χ3v) is 3.51. The lowest BCUT2D eigenvalue weighted by Gasteiger charge is -2.38. The fourth-order valence-electron chi connectivity index (χ4n) is 1.29. The van der Waals surface area contributed by atoms with Crippen LogP contribution in [0.1, 0.15) is 38.1 Å². The van der Waals surface area contributed by atoms with Gasteiger partial charge in [-0.3, -0.25) is 9.59 Å². The SMILES string of the molecule is CC(C)(NC(=O)c1ccc(F)nc1)C(C)(C)C(=O)O. The molecule has 1 rings (SSSR count). The van der Waals surface area contributed by atoms with Crippen molar-refractivity contribution in [2.24, 2.45) is 5.41 Å². The molecule has 6 heteroatoms. The van der Waals surface area contributed by atoms with Crippen LogP contribution in [-0.4, -0.2) is 27.5 Å². The largest absolute Gasteiger partial charge is 0.481 e. The zero-order valence-corrected chi connectivity index (χ0v) is 11.3. The van der Waals surface area contributed by atoms with Gasteiger partial charge in [0, 0.05) is 6.20 Å². The zero-order valence-electron chi connectivity index (χ0n) is 11.3. The van der Waals surface area contributed by atoms with E-state index < -0.39 is 28.8 Å². The van der Waals surface area contributed by atoms with Gasteiger partial charge < -0.3 is 10.4 Å². The number of carboxylic acids is 1. The van der Waals surface area contributed by atoms with Gasteiger partial charge in [-0.1, -0.05) is 0 Å². The number of hydrogen-bond donors (Lipinski definition) is 2. The second-order valence-corrected chi connectivity index (χ2v) is 5.38. The molecule has 2 N–H and O–H groups in total. The summed E-state index contributed by atoms with van der Waals surface area (Å²) in [6.07, 6.45) is 1.11. The van der Waals surface area contributed by atoms with Gasteiger partial charge in [-0.05, 0) is 39.8 Å². The van der Waals surface area contributed by atoms with Gasteiger partial charge in [0.1, 0.15) is 0 Å². The molecule has 104 valence electrons. The topological polar surface area (TPSA) is 79.3 Å². The van der Waals surface area contributed by atoms with E-state index in [1.807, 2.05) is 0 Å². The Kier molecular flexibility index (Phi) is 3.93. The Morgan fingerprint density at radius 1 is 1.26 bits per heavy atom. The van der Waals surface area contributed by atoms with Crippen LogP contribution in [-0.2, 0) is 4.79 Å². The number of amides is 1. The highest BCUT2D eigenvalue weighted by atomic mass is 19.1. The number of pyridine rings is 1. The van der Waals surface area contributed by atoms with Gasteiger partial charge in [0.2, 0.25) is 5.95 Å². The van der Waals surface area contributed by atoms with E-state index in [1.54, 1.807) is 13.8 Å². The minimum absolute atomic E-state index is 0.177. The quantitative estimate of drug-likeness (QED) is 0.817. The van der Waals surface area contributed by atoms with Gasteiger partial charge in [-0.25, -0.2) is 4.98 Å². The maximum absolute atomic E-state index is 12.7. The molecule has 0 aliphatic carbocycles. The van der Waals surface area contributed by atoms with E-state index in [0.717, 1.165) is 12.3 Å². The van der Waals surface area contributed by atoms with Crippen molar-refractivity contribution in [3.05, 3.63) is 29.8 Å². The van der Waals surface area contributed by atoms with E-state index in [-0.39, 0.29) is 5.56 Å². The Hall–Kier alpha value is -1.98. The van der Waals surface area contributed by atoms with Crippen molar-refractivity contribution < 1.29 is 19.1 Å². The van der Waals surface area contributed by atoms with Crippen LogP contribution in [0.25, 0.3) is 0 Å². The molecule has 0 bridgehead atoms. The van der Waals surface area contributed by atoms with E-state index >= 15 is 0 Å². The van der Waals surface area contributed by atoms with Crippen LogP contribution in [0.4, 0.5) is 4.39 Å². The predicted molar refractivity (Wildman–Crippen MR) is 67.2 cm³/mol. The fraction of sp³-hybridized carbons (Fsp3) is 0.462. The second kappa shape index (κ2) is 4.95. The highest BCUT2D eigenvalue weighted by Crippen LogP contribution is 2.30. The molecule has 0 atom stereocenters. The number of hydrogen-bond acceptors (Lipinski definition) is 3. The predicted octanol–water partition coefficient (Wildman–Crippen LogP) is 1.84. The summed E-state index contributed by atoms with van der Waals surface area (Å²) in [6, 6.07) is 2.37. The van der Waals surface area contributed by atoms with Crippen molar-refractivity contribution in [2.75, 3.05) is 0 Å². The van der Waals surface area contributed by atoms with Gasteiger partial charge in [-0.15, -0.1) is 0 Å². The van der Waals surface area contributed by atoms with Gasteiger partial charge >= 0.3 is 5.97 Å². The summed E-state index contributed by atoms with van der Waals surface area (Å²) in [5.41, 5.74) is -1.96. The van der Waals surface area contributed by atoms with Crippen molar-refractivity contribution >= 4 is 11.9 Å². The van der Waals surface area contributed by atoms with Gasteiger partial charge in [-0.2, -0.15) is 4.39 Å². The molecule has 1 heterocycles. The summed E-state index contributed by atoms with van der Waals surface area (Å²) in [7, 11) is 0. The lowest BCUT2D eigenvalue weighted by molar-refractivity contribution is -0.150. The molecular weight excluding hydrogens is 251 g/mol. The van der Waals surface area contributed by atoms with E-state index in [2.05, 4.69) is 10.3 Å². The Labute approximate surface area is 110 Å². The molecule has 1 amide bonds. The summed E-state index contributed by atoms with van der Waals surface area (Å²) >= 11 is 0. The summed E-state index contributed by atoms with van der Waals surface area (Å²) < 4.78 is 12.7. The van der Waals surface area contributed by atoms with Crippen LogP contribution >= 0.6 is 0 Å². The lowest BCUT2D eigenvalue weighted by atomic mass is 9.74. The first kappa shape index (κ1) is 15.1. The number of rotatable bonds is 4. The van der Waals surface area contributed by atoms with E-state index in [0.29, 0.717) is 0 Å². The van der Waals surface area contributed by atoms with Gasteiger partial charge in [0.25, 0.3) is 5.91 Å². The number of aliphatic carboxylic acids is 1. The van der Waals surface area contributed by atoms with Crippen molar-refractivity contribution in [2.45, 2.75) is 33.2 Å². The van der Waals surface area contributed by atoms with E-state index in [4.69, 9.17) is 0 Å². The van der Waals surface area contributed by atoms with Crippen molar-refractivity contribution in [3.8, 4) is 0 Å². The molecule has 0 aromatic carbocycles. The molecule has 1 aromatic rings. The van der Waals surface area contributed by atoms with Crippen LogP contribution in [0.2, 0.25) is 0 Å². The van der Waals surface area contributed by atoms with Crippen LogP contribution in [0.3, 0.4) is 0 Å². The van der Waals surface area contributed by atoms with Crippen molar-refractivity contribution in [1.29, 1.82) is 0 Å². The van der Waals surface area contributed by atoms with Crippen molar-refractivity contribution in [1.82, 2.24) is 10.3 Å². The highest BCUT2D eigenvalue weighted by molar-refractivity contribution is 5.94. The average Bonchev–Trinajstić information content (AvgIpc) is 2.28. The molecule has 0 fully saturated rings. The van der Waals surface area contributed by atoms with Crippen LogP contribution in [0.5, 0.6) is 0 Å². The Morgan fingerprint density at radius 3 is 2.26 bits per heavy atom. The highest BCUT2D eigenvalue weighted by Gasteiger charge is 2.44.